The molecule has 0 saturated carbocycles. The van der Waals surface area contributed by atoms with Crippen LogP contribution in [0.2, 0.25) is 0 Å². The molecule has 1 fully saturated rings. The quantitative estimate of drug-likeness (QED) is 0.631. The fourth-order valence-corrected chi connectivity index (χ4v) is 4.20. The van der Waals surface area contributed by atoms with Crippen LogP contribution in [-0.2, 0) is 27.2 Å². The summed E-state index contributed by atoms with van der Waals surface area (Å²) in [7, 11) is 1.56. The van der Waals surface area contributed by atoms with Crippen LogP contribution in [-0.4, -0.2) is 54.0 Å². The van der Waals surface area contributed by atoms with Gasteiger partial charge in [-0.1, -0.05) is 42.5 Å². The van der Waals surface area contributed by atoms with Gasteiger partial charge in [-0.3, -0.25) is 14.6 Å². The van der Waals surface area contributed by atoms with Crippen molar-refractivity contribution in [3.8, 4) is 11.1 Å². The van der Waals surface area contributed by atoms with Crippen LogP contribution in [0.3, 0.4) is 0 Å². The molecule has 33 heavy (non-hydrogen) atoms. The van der Waals surface area contributed by atoms with Crippen LogP contribution in [0.15, 0.2) is 73.1 Å². The lowest BCUT2D eigenvalue weighted by atomic mass is 9.89. The molecule has 1 saturated heterocycles. The number of halogens is 1. The van der Waals surface area contributed by atoms with Gasteiger partial charge in [0.1, 0.15) is 5.82 Å². The Balaban J connectivity index is 1.57. The zero-order valence-electron chi connectivity index (χ0n) is 18.5. The Morgan fingerprint density at radius 3 is 2.64 bits per heavy atom. The summed E-state index contributed by atoms with van der Waals surface area (Å²) >= 11 is 0. The van der Waals surface area contributed by atoms with E-state index in [0.717, 1.165) is 16.7 Å². The lowest BCUT2D eigenvalue weighted by molar-refractivity contribution is -0.165. The minimum atomic E-state index is -1.23. The van der Waals surface area contributed by atoms with Crippen molar-refractivity contribution in [3.63, 3.8) is 0 Å². The number of likely N-dealkylation sites (N-methyl/N-ethyl adjacent to an activating group) is 1. The van der Waals surface area contributed by atoms with Crippen molar-refractivity contribution in [3.05, 3.63) is 90.0 Å². The third-order valence-electron chi connectivity index (χ3n) is 5.91. The van der Waals surface area contributed by atoms with E-state index in [4.69, 9.17) is 4.74 Å². The van der Waals surface area contributed by atoms with Crippen LogP contribution in [0.5, 0.6) is 0 Å². The highest BCUT2D eigenvalue weighted by Crippen LogP contribution is 2.27. The molecule has 1 aromatic heterocycles. The van der Waals surface area contributed by atoms with E-state index < -0.39 is 11.4 Å². The SMILES string of the molecule is CNC(=O)[C@@]1(Cc2cccc(-c3ccncc3)c2)CN(C(=O)Cc2ccccc2F)CCO1. The van der Waals surface area contributed by atoms with Crippen LogP contribution in [0.1, 0.15) is 11.1 Å². The Hall–Kier alpha value is -3.58. The van der Waals surface area contributed by atoms with Crippen LogP contribution in [0.4, 0.5) is 4.39 Å². The number of aromatic nitrogens is 1. The highest BCUT2D eigenvalue weighted by atomic mass is 19.1. The monoisotopic (exact) mass is 447 g/mol. The summed E-state index contributed by atoms with van der Waals surface area (Å²) in [6.07, 6.45) is 3.71. The van der Waals surface area contributed by atoms with Crippen LogP contribution >= 0.6 is 0 Å². The standard InChI is InChI=1S/C26H26FN3O3/c1-28-25(32)26(17-19-5-4-7-21(15-19)20-9-11-29-12-10-20)18-30(13-14-33-26)24(31)16-22-6-2-3-8-23(22)27/h2-12,15H,13-14,16-18H2,1H3,(H,28,32)/t26-/m1/s1. The third kappa shape index (κ3) is 5.09. The van der Waals surface area contributed by atoms with Gasteiger partial charge >= 0.3 is 0 Å². The zero-order valence-corrected chi connectivity index (χ0v) is 18.5. The number of benzene rings is 2. The van der Waals surface area contributed by atoms with Crippen LogP contribution < -0.4 is 5.32 Å². The van der Waals surface area contributed by atoms with Crippen molar-refractivity contribution in [1.82, 2.24) is 15.2 Å². The number of amides is 2. The topological polar surface area (TPSA) is 71.5 Å². The Kier molecular flexibility index (Phi) is 6.79. The van der Waals surface area contributed by atoms with Crippen molar-refractivity contribution in [2.24, 2.45) is 0 Å². The number of carbonyl (C=O) groups is 2. The molecule has 170 valence electrons. The molecule has 0 spiro atoms. The summed E-state index contributed by atoms with van der Waals surface area (Å²) in [6, 6.07) is 18.0. The molecule has 7 heteroatoms. The Bertz CT molecular complexity index is 1140. The van der Waals surface area contributed by atoms with Gasteiger partial charge in [0.15, 0.2) is 5.60 Å². The van der Waals surface area contributed by atoms with E-state index in [1.165, 1.54) is 6.07 Å². The summed E-state index contributed by atoms with van der Waals surface area (Å²) < 4.78 is 20.1. The number of carbonyl (C=O) groups excluding carboxylic acids is 2. The third-order valence-corrected chi connectivity index (χ3v) is 5.91. The molecule has 1 aliphatic rings. The fourth-order valence-electron chi connectivity index (χ4n) is 4.20. The molecule has 2 aromatic carbocycles. The molecular weight excluding hydrogens is 421 g/mol. The molecule has 3 aromatic rings. The van der Waals surface area contributed by atoms with Gasteiger partial charge in [-0.2, -0.15) is 0 Å². The van der Waals surface area contributed by atoms with E-state index in [2.05, 4.69) is 10.3 Å². The molecule has 6 nitrogen and oxygen atoms in total. The molecule has 0 aliphatic carbocycles. The summed E-state index contributed by atoms with van der Waals surface area (Å²) in [6.45, 7) is 0.670. The molecule has 4 rings (SSSR count). The molecule has 1 atom stereocenters. The van der Waals surface area contributed by atoms with Crippen molar-refractivity contribution >= 4 is 11.8 Å². The van der Waals surface area contributed by atoms with Crippen molar-refractivity contribution in [1.29, 1.82) is 0 Å². The van der Waals surface area contributed by atoms with Crippen molar-refractivity contribution in [2.45, 2.75) is 18.4 Å². The Morgan fingerprint density at radius 2 is 1.88 bits per heavy atom. The maximum Gasteiger partial charge on any atom is 0.254 e. The first-order valence-electron chi connectivity index (χ1n) is 10.9. The van der Waals surface area contributed by atoms with Gasteiger partial charge in [0, 0.05) is 32.4 Å². The van der Waals surface area contributed by atoms with E-state index in [1.807, 2.05) is 36.4 Å². The molecule has 0 unspecified atom stereocenters. The van der Waals surface area contributed by atoms with E-state index in [0.29, 0.717) is 18.5 Å². The van der Waals surface area contributed by atoms with Gasteiger partial charge in [0.05, 0.1) is 19.6 Å². The summed E-state index contributed by atoms with van der Waals surface area (Å²) in [5.41, 5.74) is 2.05. The summed E-state index contributed by atoms with van der Waals surface area (Å²) in [5, 5.41) is 2.69. The summed E-state index contributed by atoms with van der Waals surface area (Å²) in [4.78, 5) is 31.6. The second-order valence-electron chi connectivity index (χ2n) is 8.12. The Morgan fingerprint density at radius 1 is 1.09 bits per heavy atom. The van der Waals surface area contributed by atoms with E-state index in [1.54, 1.807) is 42.5 Å². The molecule has 2 amide bonds. The van der Waals surface area contributed by atoms with Crippen molar-refractivity contribution < 1.29 is 18.7 Å². The predicted molar refractivity (Wildman–Crippen MR) is 123 cm³/mol. The average Bonchev–Trinajstić information content (AvgIpc) is 2.85. The number of hydrogen-bond acceptors (Lipinski definition) is 4. The lowest BCUT2D eigenvalue weighted by Crippen LogP contribution is -2.61. The Labute approximate surface area is 192 Å². The lowest BCUT2D eigenvalue weighted by Gasteiger charge is -2.41. The highest BCUT2D eigenvalue weighted by molar-refractivity contribution is 5.87. The van der Waals surface area contributed by atoms with Gasteiger partial charge in [-0.05, 0) is 40.5 Å². The fraction of sp³-hybridized carbons (Fsp3) is 0.269. The van der Waals surface area contributed by atoms with Gasteiger partial charge in [0.2, 0.25) is 5.91 Å². The summed E-state index contributed by atoms with van der Waals surface area (Å²) in [5.74, 6) is -0.938. The smallest absolute Gasteiger partial charge is 0.254 e. The molecule has 2 heterocycles. The second-order valence-corrected chi connectivity index (χ2v) is 8.12. The van der Waals surface area contributed by atoms with Gasteiger partial charge in [0.25, 0.3) is 5.91 Å². The maximum atomic E-state index is 14.1. The minimum Gasteiger partial charge on any atom is -0.361 e. The van der Waals surface area contributed by atoms with Gasteiger partial charge in [-0.25, -0.2) is 4.39 Å². The van der Waals surface area contributed by atoms with Crippen LogP contribution in [0.25, 0.3) is 11.1 Å². The number of pyridine rings is 1. The predicted octanol–water partition coefficient (Wildman–Crippen LogP) is 3.02. The first-order chi connectivity index (χ1) is 16.0. The first-order valence-corrected chi connectivity index (χ1v) is 10.9. The van der Waals surface area contributed by atoms with E-state index >= 15 is 0 Å². The number of hydrogen-bond donors (Lipinski definition) is 1. The number of ether oxygens (including phenoxy) is 1. The molecule has 0 radical (unpaired) electrons. The zero-order chi connectivity index (χ0) is 23.3. The van der Waals surface area contributed by atoms with Gasteiger partial charge < -0.3 is 15.0 Å². The van der Waals surface area contributed by atoms with E-state index in [-0.39, 0.29) is 31.4 Å². The van der Waals surface area contributed by atoms with Gasteiger partial charge in [-0.15, -0.1) is 0 Å². The molecule has 1 N–H and O–H groups in total. The molecule has 0 bridgehead atoms. The normalized spacial score (nSPS) is 18.1. The highest BCUT2D eigenvalue weighted by Gasteiger charge is 2.44. The minimum absolute atomic E-state index is 0.0615. The first kappa shape index (κ1) is 22.6. The number of nitrogens with zero attached hydrogens (tertiary/aromatic N) is 2. The van der Waals surface area contributed by atoms with Crippen molar-refractivity contribution in [2.75, 3.05) is 26.7 Å². The molecule has 1 aliphatic heterocycles. The molecular formula is C26H26FN3O3. The average molecular weight is 448 g/mol. The number of rotatable bonds is 6. The van der Waals surface area contributed by atoms with E-state index in [9.17, 15) is 14.0 Å². The number of morpholine rings is 1. The second kappa shape index (κ2) is 9.92. The number of nitrogens with one attached hydrogen (secondary N) is 1. The largest absolute Gasteiger partial charge is 0.361 e. The van der Waals surface area contributed by atoms with Crippen LogP contribution in [0, 0.1) is 5.82 Å². The maximum absolute atomic E-state index is 14.1.